The number of alkyl halides is 3. The fraction of sp³-hybridized carbons (Fsp3) is 0.348. The number of aromatic nitrogens is 7. The van der Waals surface area contributed by atoms with Gasteiger partial charge in [-0.1, -0.05) is 11.6 Å². The van der Waals surface area contributed by atoms with Crippen molar-refractivity contribution in [1.82, 2.24) is 34.1 Å². The molecule has 0 aliphatic heterocycles. The van der Waals surface area contributed by atoms with Gasteiger partial charge in [0, 0.05) is 23.3 Å². The Labute approximate surface area is 219 Å². The van der Waals surface area contributed by atoms with E-state index in [-0.39, 0.29) is 24.7 Å². The molecule has 3 aromatic heterocycles. The fourth-order valence-corrected chi connectivity index (χ4v) is 3.56. The number of nitrogens with one attached hydrogen (secondary N) is 1. The lowest BCUT2D eigenvalue weighted by Gasteiger charge is -2.19. The van der Waals surface area contributed by atoms with Crippen molar-refractivity contribution in [2.75, 3.05) is 11.9 Å². The molecule has 38 heavy (non-hydrogen) atoms. The molecule has 0 fully saturated rings. The number of hydrogen-bond acceptors (Lipinski definition) is 8. The summed E-state index contributed by atoms with van der Waals surface area (Å²) in [5, 5.41) is 31.6. The summed E-state index contributed by atoms with van der Waals surface area (Å²) in [6, 6.07) is 9.42. The molecule has 202 valence electrons. The third-order valence-electron chi connectivity index (χ3n) is 5.31. The number of halogens is 4. The summed E-state index contributed by atoms with van der Waals surface area (Å²) in [6.07, 6.45) is -4.76. The van der Waals surface area contributed by atoms with E-state index in [4.69, 9.17) is 11.6 Å². The summed E-state index contributed by atoms with van der Waals surface area (Å²) in [6.45, 7) is 2.18. The number of nitrogens with zero attached hydrogens (tertiary/aromatic N) is 7. The van der Waals surface area contributed by atoms with Gasteiger partial charge in [0.1, 0.15) is 18.6 Å². The molecule has 4 aromatic rings. The Morgan fingerprint density at radius 2 is 1.82 bits per heavy atom. The molecule has 0 amide bonds. The minimum absolute atomic E-state index is 0.0836. The number of benzene rings is 1. The van der Waals surface area contributed by atoms with Gasteiger partial charge >= 0.3 is 11.9 Å². The largest absolute Gasteiger partial charge is 0.416 e. The van der Waals surface area contributed by atoms with E-state index in [1.54, 1.807) is 32.2 Å². The first-order chi connectivity index (χ1) is 17.8. The summed E-state index contributed by atoms with van der Waals surface area (Å²) in [5.74, 6) is 0.492. The van der Waals surface area contributed by atoms with Gasteiger partial charge in [0.25, 0.3) is 0 Å². The van der Waals surface area contributed by atoms with Gasteiger partial charge in [-0.15, -0.1) is 10.2 Å². The van der Waals surface area contributed by atoms with Crippen molar-refractivity contribution < 1.29 is 23.4 Å². The van der Waals surface area contributed by atoms with Crippen LogP contribution in [0, 0.1) is 0 Å². The summed E-state index contributed by atoms with van der Waals surface area (Å²) >= 11 is 5.91. The van der Waals surface area contributed by atoms with Gasteiger partial charge in [-0.25, -0.2) is 24.1 Å². The summed E-state index contributed by atoms with van der Waals surface area (Å²) < 4.78 is 42.3. The third-order valence-corrected chi connectivity index (χ3v) is 5.56. The number of anilines is 1. The zero-order chi connectivity index (χ0) is 27.7. The van der Waals surface area contributed by atoms with Crippen LogP contribution in [0.1, 0.15) is 19.7 Å². The third kappa shape index (κ3) is 6.38. The molecule has 3 N–H and O–H groups in total. The Kier molecular flexibility index (Phi) is 7.58. The second-order valence-electron chi connectivity index (χ2n) is 9.08. The normalized spacial score (nSPS) is 13.1. The molecule has 0 aliphatic rings. The van der Waals surface area contributed by atoms with Gasteiger partial charge < -0.3 is 15.5 Å². The number of aliphatic hydroxyl groups is 2. The van der Waals surface area contributed by atoms with E-state index >= 15 is 0 Å². The number of pyridine rings is 1. The van der Waals surface area contributed by atoms with Crippen LogP contribution in [0.15, 0.2) is 53.7 Å². The Bertz CT molecular complexity index is 1460. The van der Waals surface area contributed by atoms with E-state index in [9.17, 15) is 28.2 Å². The lowest BCUT2D eigenvalue weighted by molar-refractivity contribution is -0.207. The molecule has 15 heteroatoms. The smallest absolute Gasteiger partial charge is 0.389 e. The summed E-state index contributed by atoms with van der Waals surface area (Å²) in [7, 11) is 0. The topological polar surface area (TPSA) is 136 Å². The Morgan fingerprint density at radius 3 is 2.47 bits per heavy atom. The van der Waals surface area contributed by atoms with Crippen molar-refractivity contribution >= 4 is 17.4 Å². The molecule has 0 bridgehead atoms. The molecule has 0 unspecified atom stereocenters. The predicted molar refractivity (Wildman–Crippen MR) is 132 cm³/mol. The second-order valence-corrected chi connectivity index (χ2v) is 9.52. The lowest BCUT2D eigenvalue weighted by Crippen LogP contribution is -2.37. The quantitative estimate of drug-likeness (QED) is 0.288. The zero-order valence-electron chi connectivity index (χ0n) is 20.3. The van der Waals surface area contributed by atoms with Crippen LogP contribution >= 0.6 is 11.6 Å². The van der Waals surface area contributed by atoms with Crippen molar-refractivity contribution in [3.05, 3.63) is 70.3 Å². The number of rotatable bonds is 9. The van der Waals surface area contributed by atoms with Gasteiger partial charge in [-0.05, 0) is 50.2 Å². The first-order valence-corrected chi connectivity index (χ1v) is 11.7. The number of aliphatic hydroxyl groups excluding tert-OH is 1. The van der Waals surface area contributed by atoms with Gasteiger partial charge in [-0.2, -0.15) is 13.2 Å². The van der Waals surface area contributed by atoms with E-state index in [1.807, 2.05) is 0 Å². The van der Waals surface area contributed by atoms with E-state index < -0.39 is 30.1 Å². The average molecular weight is 553 g/mol. The van der Waals surface area contributed by atoms with Crippen LogP contribution in [0.5, 0.6) is 0 Å². The minimum atomic E-state index is -4.93. The van der Waals surface area contributed by atoms with Crippen molar-refractivity contribution in [3.63, 3.8) is 0 Å². The molecular weight excluding hydrogens is 529 g/mol. The maximum atomic E-state index is 13.1. The summed E-state index contributed by atoms with van der Waals surface area (Å²) in [5.41, 5.74) is -1.04. The minimum Gasteiger partial charge on any atom is -0.389 e. The highest BCUT2D eigenvalue weighted by Crippen LogP contribution is 2.24. The Hall–Kier alpha value is -3.75. The fourth-order valence-electron chi connectivity index (χ4n) is 3.44. The highest BCUT2D eigenvalue weighted by molar-refractivity contribution is 6.30. The highest BCUT2D eigenvalue weighted by Gasteiger charge is 2.39. The van der Waals surface area contributed by atoms with Gasteiger partial charge in [0.15, 0.2) is 23.6 Å². The molecule has 1 atom stereocenters. The average Bonchev–Trinajstić information content (AvgIpc) is 3.43. The van der Waals surface area contributed by atoms with Crippen LogP contribution < -0.4 is 11.0 Å². The lowest BCUT2D eigenvalue weighted by atomic mass is 10.1. The molecule has 3 heterocycles. The van der Waals surface area contributed by atoms with Crippen LogP contribution in [-0.4, -0.2) is 68.7 Å². The molecule has 0 spiro atoms. The highest BCUT2D eigenvalue weighted by atomic mass is 35.5. The van der Waals surface area contributed by atoms with E-state index in [0.717, 1.165) is 9.25 Å². The first kappa shape index (κ1) is 27.3. The van der Waals surface area contributed by atoms with Crippen LogP contribution in [0.3, 0.4) is 0 Å². The van der Waals surface area contributed by atoms with Crippen LogP contribution in [0.25, 0.3) is 17.1 Å². The van der Waals surface area contributed by atoms with Crippen LogP contribution in [0.2, 0.25) is 5.02 Å². The van der Waals surface area contributed by atoms with Crippen molar-refractivity contribution in [2.45, 2.75) is 44.8 Å². The molecule has 1 aromatic carbocycles. The molecule has 4 rings (SSSR count). The van der Waals surface area contributed by atoms with Crippen LogP contribution in [-0.2, 0) is 13.1 Å². The van der Waals surface area contributed by atoms with Crippen molar-refractivity contribution in [1.29, 1.82) is 0 Å². The van der Waals surface area contributed by atoms with Crippen molar-refractivity contribution in [2.24, 2.45) is 0 Å². The molecule has 0 radical (unpaired) electrons. The first-order valence-electron chi connectivity index (χ1n) is 11.3. The SMILES string of the molecule is CC(C)(O)CNc1ncccc1-n1cnc(Cn2nc(-c3ccc(Cl)cc3)n(C[C@H](O)C(F)(F)F)c2=O)n1. The second kappa shape index (κ2) is 10.6. The molecule has 0 saturated carbocycles. The molecule has 0 aliphatic carbocycles. The van der Waals surface area contributed by atoms with E-state index in [2.05, 4.69) is 25.5 Å². The van der Waals surface area contributed by atoms with Gasteiger partial charge in [0.2, 0.25) is 0 Å². The number of hydrogen-bond donors (Lipinski definition) is 3. The molecule has 0 saturated heterocycles. The van der Waals surface area contributed by atoms with E-state index in [0.29, 0.717) is 22.1 Å². The molecular formula is C23H24ClF3N8O3. The predicted octanol–water partition coefficient (Wildman–Crippen LogP) is 2.50. The van der Waals surface area contributed by atoms with Gasteiger partial charge in [0.05, 0.1) is 12.1 Å². The monoisotopic (exact) mass is 552 g/mol. The maximum absolute atomic E-state index is 13.1. The van der Waals surface area contributed by atoms with Crippen LogP contribution in [0.4, 0.5) is 19.0 Å². The van der Waals surface area contributed by atoms with E-state index in [1.165, 1.54) is 35.3 Å². The summed E-state index contributed by atoms with van der Waals surface area (Å²) in [4.78, 5) is 21.5. The standard InChI is InChI=1S/C23H24ClF3N8O3/c1-22(2,38)12-29-19-16(4-3-9-28-19)35-13-30-18(31-35)11-34-21(37)33(10-17(36)23(25,26)27)20(32-34)14-5-7-15(24)8-6-14/h3-9,13,17,36,38H,10-12H2,1-2H3,(H,28,29)/t17-/m0/s1. The van der Waals surface area contributed by atoms with Crippen molar-refractivity contribution in [3.8, 4) is 17.1 Å². The Morgan fingerprint density at radius 1 is 1.11 bits per heavy atom. The Balaban J connectivity index is 1.65. The van der Waals surface area contributed by atoms with Gasteiger partial charge in [-0.3, -0.25) is 4.57 Å². The molecule has 11 nitrogen and oxygen atoms in total. The zero-order valence-corrected chi connectivity index (χ0v) is 21.0. The maximum Gasteiger partial charge on any atom is 0.416 e.